The topological polar surface area (TPSA) is 54.2 Å². The molecule has 1 aromatic carbocycles. The van der Waals surface area contributed by atoms with Crippen molar-refractivity contribution in [2.75, 3.05) is 20.1 Å². The van der Waals surface area contributed by atoms with Crippen LogP contribution in [0.3, 0.4) is 0 Å². The van der Waals surface area contributed by atoms with Gasteiger partial charge in [-0.2, -0.15) is 5.10 Å². The van der Waals surface area contributed by atoms with Crippen LogP contribution in [-0.4, -0.2) is 35.9 Å². The lowest BCUT2D eigenvalue weighted by Crippen LogP contribution is -2.41. The van der Waals surface area contributed by atoms with E-state index in [0.29, 0.717) is 0 Å². The molecular formula is C18H24FN5. The minimum Gasteiger partial charge on any atom is -0.356 e. The molecular weight excluding hydrogens is 305 g/mol. The molecule has 24 heavy (non-hydrogen) atoms. The molecule has 0 saturated heterocycles. The number of halogens is 1. The standard InChI is InChI=1S/C18H24FN5/c1-20-17(21-10-2-12-24-13-3-11-23-24)22-14-18(8-9-18)15-4-6-16(19)7-5-15/h3-7,11,13H,2,8-10,12,14H2,1H3,(H2,20,21,22). The SMILES string of the molecule is CN=C(NCCCn1cccn1)NCC1(c2ccc(F)cc2)CC1. The van der Waals surface area contributed by atoms with Crippen LogP contribution in [0.4, 0.5) is 4.39 Å². The molecule has 0 amide bonds. The number of aromatic nitrogens is 2. The first kappa shape index (κ1) is 16.5. The van der Waals surface area contributed by atoms with E-state index in [1.165, 1.54) is 17.7 Å². The lowest BCUT2D eigenvalue weighted by Gasteiger charge is -2.19. The number of hydrogen-bond acceptors (Lipinski definition) is 2. The van der Waals surface area contributed by atoms with Crippen molar-refractivity contribution < 1.29 is 4.39 Å². The first-order valence-electron chi connectivity index (χ1n) is 8.40. The van der Waals surface area contributed by atoms with E-state index in [4.69, 9.17) is 0 Å². The lowest BCUT2D eigenvalue weighted by atomic mass is 9.96. The maximum atomic E-state index is 13.1. The van der Waals surface area contributed by atoms with E-state index in [0.717, 1.165) is 44.9 Å². The van der Waals surface area contributed by atoms with Crippen LogP contribution in [-0.2, 0) is 12.0 Å². The molecule has 1 saturated carbocycles. The van der Waals surface area contributed by atoms with Crippen molar-refractivity contribution in [3.8, 4) is 0 Å². The fourth-order valence-electron chi connectivity index (χ4n) is 2.88. The third-order valence-electron chi connectivity index (χ3n) is 4.54. The first-order valence-corrected chi connectivity index (χ1v) is 8.40. The van der Waals surface area contributed by atoms with Gasteiger partial charge >= 0.3 is 0 Å². The average Bonchev–Trinajstić information content (AvgIpc) is 3.21. The second-order valence-electron chi connectivity index (χ2n) is 6.26. The smallest absolute Gasteiger partial charge is 0.191 e. The number of guanidine groups is 1. The fraction of sp³-hybridized carbons (Fsp3) is 0.444. The van der Waals surface area contributed by atoms with E-state index in [-0.39, 0.29) is 11.2 Å². The number of aryl methyl sites for hydroxylation is 1. The number of aliphatic imine (C=N–C) groups is 1. The van der Waals surface area contributed by atoms with E-state index >= 15 is 0 Å². The highest BCUT2D eigenvalue weighted by atomic mass is 19.1. The van der Waals surface area contributed by atoms with Gasteiger partial charge in [0.25, 0.3) is 0 Å². The number of nitrogens with one attached hydrogen (secondary N) is 2. The van der Waals surface area contributed by atoms with Gasteiger partial charge < -0.3 is 10.6 Å². The molecule has 5 nitrogen and oxygen atoms in total. The normalized spacial score (nSPS) is 16.0. The Morgan fingerprint density at radius 2 is 2.08 bits per heavy atom. The van der Waals surface area contributed by atoms with Crippen molar-refractivity contribution in [3.05, 3.63) is 54.1 Å². The van der Waals surface area contributed by atoms with E-state index in [1.54, 1.807) is 13.2 Å². The molecule has 1 aliphatic rings. The van der Waals surface area contributed by atoms with E-state index in [9.17, 15) is 4.39 Å². The highest BCUT2D eigenvalue weighted by Crippen LogP contribution is 2.47. The third kappa shape index (κ3) is 4.13. The van der Waals surface area contributed by atoms with Crippen LogP contribution in [0.15, 0.2) is 47.7 Å². The molecule has 0 spiro atoms. The van der Waals surface area contributed by atoms with Crippen molar-refractivity contribution in [3.63, 3.8) is 0 Å². The summed E-state index contributed by atoms with van der Waals surface area (Å²) < 4.78 is 15.0. The Morgan fingerprint density at radius 3 is 2.71 bits per heavy atom. The van der Waals surface area contributed by atoms with Crippen molar-refractivity contribution in [1.29, 1.82) is 0 Å². The van der Waals surface area contributed by atoms with Crippen molar-refractivity contribution in [2.24, 2.45) is 4.99 Å². The summed E-state index contributed by atoms with van der Waals surface area (Å²) in [6.07, 6.45) is 6.99. The summed E-state index contributed by atoms with van der Waals surface area (Å²) in [5.74, 6) is 0.626. The molecule has 0 aliphatic heterocycles. The van der Waals surface area contributed by atoms with Crippen LogP contribution in [0, 0.1) is 5.82 Å². The summed E-state index contributed by atoms with van der Waals surface area (Å²) in [7, 11) is 1.78. The van der Waals surface area contributed by atoms with Gasteiger partial charge in [-0.25, -0.2) is 4.39 Å². The van der Waals surface area contributed by atoms with Gasteiger partial charge in [-0.1, -0.05) is 12.1 Å². The number of hydrogen-bond donors (Lipinski definition) is 2. The number of benzene rings is 1. The number of nitrogens with zero attached hydrogens (tertiary/aromatic N) is 3. The van der Waals surface area contributed by atoms with Gasteiger partial charge in [0.15, 0.2) is 5.96 Å². The predicted octanol–water partition coefficient (Wildman–Crippen LogP) is 2.31. The minimum atomic E-state index is -0.183. The summed E-state index contributed by atoms with van der Waals surface area (Å²) >= 11 is 0. The number of rotatable bonds is 7. The predicted molar refractivity (Wildman–Crippen MR) is 93.5 cm³/mol. The quantitative estimate of drug-likeness (QED) is 0.466. The van der Waals surface area contributed by atoms with Gasteiger partial charge in [0.05, 0.1) is 0 Å². The van der Waals surface area contributed by atoms with Crippen LogP contribution in [0.1, 0.15) is 24.8 Å². The van der Waals surface area contributed by atoms with Crippen LogP contribution >= 0.6 is 0 Å². The highest BCUT2D eigenvalue weighted by Gasteiger charge is 2.44. The van der Waals surface area contributed by atoms with Crippen molar-refractivity contribution >= 4 is 5.96 Å². The molecule has 1 heterocycles. The lowest BCUT2D eigenvalue weighted by molar-refractivity contribution is 0.567. The minimum absolute atomic E-state index is 0.125. The largest absolute Gasteiger partial charge is 0.356 e. The molecule has 128 valence electrons. The fourth-order valence-corrected chi connectivity index (χ4v) is 2.88. The maximum absolute atomic E-state index is 13.1. The van der Waals surface area contributed by atoms with Gasteiger partial charge in [-0.3, -0.25) is 9.67 Å². The van der Waals surface area contributed by atoms with Gasteiger partial charge in [-0.05, 0) is 43.0 Å². The Hall–Kier alpha value is -2.37. The monoisotopic (exact) mass is 329 g/mol. The molecule has 3 rings (SSSR count). The van der Waals surface area contributed by atoms with Crippen LogP contribution in [0.2, 0.25) is 0 Å². The molecule has 6 heteroatoms. The zero-order chi connectivity index (χ0) is 16.8. The van der Waals surface area contributed by atoms with E-state index < -0.39 is 0 Å². The Balaban J connectivity index is 1.43. The van der Waals surface area contributed by atoms with Gasteiger partial charge in [-0.15, -0.1) is 0 Å². The zero-order valence-electron chi connectivity index (χ0n) is 14.0. The highest BCUT2D eigenvalue weighted by molar-refractivity contribution is 5.79. The van der Waals surface area contributed by atoms with Gasteiger partial charge in [0.1, 0.15) is 5.82 Å². The van der Waals surface area contributed by atoms with E-state index in [1.807, 2.05) is 29.1 Å². The first-order chi connectivity index (χ1) is 11.7. The van der Waals surface area contributed by atoms with Crippen molar-refractivity contribution in [1.82, 2.24) is 20.4 Å². The second kappa shape index (κ2) is 7.47. The molecule has 0 atom stereocenters. The Kier molecular flexibility index (Phi) is 5.13. The summed E-state index contributed by atoms with van der Waals surface area (Å²) in [6.45, 7) is 2.54. The molecule has 1 fully saturated rings. The van der Waals surface area contributed by atoms with Crippen LogP contribution < -0.4 is 10.6 Å². The summed E-state index contributed by atoms with van der Waals surface area (Å²) in [4.78, 5) is 4.27. The second-order valence-corrected chi connectivity index (χ2v) is 6.26. The Labute approximate surface area is 142 Å². The summed E-state index contributed by atoms with van der Waals surface area (Å²) in [5, 5.41) is 10.9. The Bertz CT molecular complexity index is 659. The Morgan fingerprint density at radius 1 is 1.29 bits per heavy atom. The maximum Gasteiger partial charge on any atom is 0.191 e. The van der Waals surface area contributed by atoms with Gasteiger partial charge in [0, 0.05) is 44.5 Å². The molecule has 0 unspecified atom stereocenters. The molecule has 2 N–H and O–H groups in total. The van der Waals surface area contributed by atoms with Gasteiger partial charge in [0.2, 0.25) is 0 Å². The van der Waals surface area contributed by atoms with E-state index in [2.05, 4.69) is 20.7 Å². The van der Waals surface area contributed by atoms with Crippen molar-refractivity contribution in [2.45, 2.75) is 31.2 Å². The van der Waals surface area contributed by atoms with Crippen LogP contribution in [0.5, 0.6) is 0 Å². The average molecular weight is 329 g/mol. The summed E-state index contributed by atoms with van der Waals surface area (Å²) in [5.41, 5.74) is 1.32. The van der Waals surface area contributed by atoms with Crippen LogP contribution in [0.25, 0.3) is 0 Å². The zero-order valence-corrected chi connectivity index (χ0v) is 14.0. The molecule has 0 radical (unpaired) electrons. The third-order valence-corrected chi connectivity index (χ3v) is 4.54. The molecule has 1 aromatic heterocycles. The molecule has 1 aliphatic carbocycles. The molecule has 2 aromatic rings. The molecule has 0 bridgehead atoms. The summed E-state index contributed by atoms with van der Waals surface area (Å²) in [6, 6.07) is 8.79.